The number of hydrogen-bond donors (Lipinski definition) is 0. The molecule has 1 fully saturated rings. The summed E-state index contributed by atoms with van der Waals surface area (Å²) in [7, 11) is 0. The Morgan fingerprint density at radius 2 is 1.73 bits per heavy atom. The van der Waals surface area contributed by atoms with E-state index < -0.39 is 0 Å². The van der Waals surface area contributed by atoms with Crippen LogP contribution >= 0.6 is 0 Å². The summed E-state index contributed by atoms with van der Waals surface area (Å²) in [6.07, 6.45) is 1.56. The van der Waals surface area contributed by atoms with E-state index in [0.717, 1.165) is 36.3 Å². The number of rotatable bonds is 7. The summed E-state index contributed by atoms with van der Waals surface area (Å²) in [4.78, 5) is 32.4. The average Bonchev–Trinajstić information content (AvgIpc) is 3.18. The summed E-state index contributed by atoms with van der Waals surface area (Å²) in [6.45, 7) is 8.56. The number of aromatic nitrogens is 2. The number of anilines is 1. The van der Waals surface area contributed by atoms with Crippen molar-refractivity contribution < 1.29 is 14.0 Å². The van der Waals surface area contributed by atoms with Gasteiger partial charge in [0.2, 0.25) is 5.91 Å². The molecule has 0 aliphatic carbocycles. The van der Waals surface area contributed by atoms with Gasteiger partial charge in [-0.05, 0) is 74.7 Å². The van der Waals surface area contributed by atoms with E-state index in [9.17, 15) is 14.0 Å². The number of halogens is 1. The van der Waals surface area contributed by atoms with Gasteiger partial charge in [-0.25, -0.2) is 4.39 Å². The molecule has 2 amide bonds. The van der Waals surface area contributed by atoms with Crippen LogP contribution in [0.1, 0.15) is 42.6 Å². The monoisotopic (exact) mass is 503 g/mol. The van der Waals surface area contributed by atoms with Crippen molar-refractivity contribution in [3.05, 3.63) is 77.6 Å². The smallest absolute Gasteiger partial charge is 0.254 e. The Balaban J connectivity index is 1.40. The number of hydrogen-bond acceptors (Lipinski definition) is 5. The number of amides is 2. The van der Waals surface area contributed by atoms with Crippen LogP contribution in [-0.2, 0) is 4.79 Å². The summed E-state index contributed by atoms with van der Waals surface area (Å²) in [5.41, 5.74) is 3.03. The molecule has 3 aromatic rings. The quantitative estimate of drug-likeness (QED) is 0.472. The van der Waals surface area contributed by atoms with Crippen LogP contribution in [0.25, 0.3) is 11.3 Å². The van der Waals surface area contributed by atoms with Crippen LogP contribution in [0.2, 0.25) is 0 Å². The highest BCUT2D eigenvalue weighted by molar-refractivity contribution is 5.98. The summed E-state index contributed by atoms with van der Waals surface area (Å²) in [5, 5.41) is 8.71. The van der Waals surface area contributed by atoms with Crippen LogP contribution < -0.4 is 4.90 Å². The van der Waals surface area contributed by atoms with Gasteiger partial charge >= 0.3 is 0 Å². The molecule has 8 heteroatoms. The van der Waals surface area contributed by atoms with E-state index in [1.165, 1.54) is 12.1 Å². The zero-order valence-corrected chi connectivity index (χ0v) is 21.7. The highest BCUT2D eigenvalue weighted by Crippen LogP contribution is 2.20. The highest BCUT2D eigenvalue weighted by Gasteiger charge is 2.27. The van der Waals surface area contributed by atoms with Gasteiger partial charge in [0, 0.05) is 43.3 Å². The molecule has 0 spiro atoms. The number of benzene rings is 2. The normalized spacial score (nSPS) is 14.7. The van der Waals surface area contributed by atoms with Crippen molar-refractivity contribution in [3.63, 3.8) is 0 Å². The average molecular weight is 504 g/mol. The fourth-order valence-electron chi connectivity index (χ4n) is 4.53. The Morgan fingerprint density at radius 1 is 0.973 bits per heavy atom. The number of nitrogens with zero attached hydrogens (tertiary/aromatic N) is 5. The van der Waals surface area contributed by atoms with Crippen LogP contribution in [0.15, 0.2) is 60.7 Å². The van der Waals surface area contributed by atoms with Crippen molar-refractivity contribution in [1.29, 1.82) is 0 Å². The Labute approximate surface area is 217 Å². The second kappa shape index (κ2) is 12.0. The largest absolute Gasteiger partial charge is 0.353 e. The third kappa shape index (κ3) is 6.31. The maximum Gasteiger partial charge on any atom is 0.254 e. The maximum absolute atomic E-state index is 13.3. The van der Waals surface area contributed by atoms with Gasteiger partial charge < -0.3 is 14.7 Å². The van der Waals surface area contributed by atoms with Crippen molar-refractivity contribution in [1.82, 2.24) is 20.0 Å². The first-order valence-corrected chi connectivity index (χ1v) is 12.9. The molecule has 0 saturated carbocycles. The Kier molecular flexibility index (Phi) is 8.48. The molecule has 4 rings (SSSR count). The lowest BCUT2D eigenvalue weighted by atomic mass is 10.1. The third-order valence-electron chi connectivity index (χ3n) is 7.03. The Bertz CT molecular complexity index is 1220. The van der Waals surface area contributed by atoms with E-state index in [2.05, 4.69) is 15.1 Å². The molecule has 194 valence electrons. The molecule has 37 heavy (non-hydrogen) atoms. The fraction of sp³-hybridized carbons (Fsp3) is 0.379. The molecule has 0 bridgehead atoms. The number of carbonyl (C=O) groups excluding carboxylic acids is 2. The van der Waals surface area contributed by atoms with E-state index in [4.69, 9.17) is 0 Å². The minimum atomic E-state index is -0.288. The van der Waals surface area contributed by atoms with E-state index >= 15 is 0 Å². The minimum Gasteiger partial charge on any atom is -0.353 e. The van der Waals surface area contributed by atoms with Crippen molar-refractivity contribution >= 4 is 17.6 Å². The van der Waals surface area contributed by atoms with Gasteiger partial charge in [0.1, 0.15) is 12.4 Å². The second-order valence-electron chi connectivity index (χ2n) is 9.51. The number of carbonyl (C=O) groups is 2. The van der Waals surface area contributed by atoms with Crippen molar-refractivity contribution in [2.75, 3.05) is 37.6 Å². The summed E-state index contributed by atoms with van der Waals surface area (Å²) < 4.78 is 13.2. The molecule has 7 nitrogen and oxygen atoms in total. The van der Waals surface area contributed by atoms with Crippen LogP contribution in [0.5, 0.6) is 0 Å². The number of aryl methyl sites for hydroxylation is 1. The van der Waals surface area contributed by atoms with Crippen LogP contribution in [0, 0.1) is 12.7 Å². The summed E-state index contributed by atoms with van der Waals surface area (Å²) in [6, 6.07) is 17.4. The maximum atomic E-state index is 13.3. The van der Waals surface area contributed by atoms with E-state index in [1.54, 1.807) is 17.0 Å². The lowest BCUT2D eigenvalue weighted by Crippen LogP contribution is -2.47. The zero-order chi connectivity index (χ0) is 26.4. The standard InChI is InChI=1S/C29H34FN5O2/c1-4-22(3)35(29(37)25-9-6-5-8-21(25)2)20-28(36)34-17-7-16-33(18-19-34)27-15-14-26(31-32-27)23-10-12-24(30)13-11-23/h5-6,8-15,22H,4,7,16-20H2,1-3H3. The minimum absolute atomic E-state index is 0.0400. The fourth-order valence-corrected chi connectivity index (χ4v) is 4.53. The van der Waals surface area contributed by atoms with E-state index in [0.29, 0.717) is 30.9 Å². The highest BCUT2D eigenvalue weighted by atomic mass is 19.1. The van der Waals surface area contributed by atoms with Crippen molar-refractivity contribution in [3.8, 4) is 11.3 Å². The van der Waals surface area contributed by atoms with E-state index in [1.807, 2.05) is 62.1 Å². The van der Waals surface area contributed by atoms with Gasteiger partial charge in [-0.2, -0.15) is 0 Å². The molecule has 1 aliphatic rings. The van der Waals surface area contributed by atoms with Crippen LogP contribution in [-0.4, -0.2) is 70.6 Å². The molecule has 2 heterocycles. The molecule has 1 saturated heterocycles. The SMILES string of the molecule is CCC(C)N(CC(=O)N1CCCN(c2ccc(-c3ccc(F)cc3)nn2)CC1)C(=O)c1ccccc1C. The first-order chi connectivity index (χ1) is 17.9. The van der Waals surface area contributed by atoms with Gasteiger partial charge in [-0.1, -0.05) is 25.1 Å². The molecular formula is C29H34FN5O2. The molecule has 1 unspecified atom stereocenters. The lowest BCUT2D eigenvalue weighted by molar-refractivity contribution is -0.132. The van der Waals surface area contributed by atoms with Gasteiger partial charge in [-0.3, -0.25) is 9.59 Å². The van der Waals surface area contributed by atoms with E-state index in [-0.39, 0.29) is 30.2 Å². The second-order valence-corrected chi connectivity index (χ2v) is 9.51. The zero-order valence-electron chi connectivity index (χ0n) is 21.7. The Hall–Kier alpha value is -3.81. The predicted molar refractivity (Wildman–Crippen MR) is 143 cm³/mol. The van der Waals surface area contributed by atoms with Gasteiger partial charge in [0.05, 0.1) is 5.69 Å². The molecule has 0 radical (unpaired) electrons. The Morgan fingerprint density at radius 3 is 2.41 bits per heavy atom. The first-order valence-electron chi connectivity index (χ1n) is 12.9. The lowest BCUT2D eigenvalue weighted by Gasteiger charge is -2.31. The topological polar surface area (TPSA) is 69.6 Å². The molecule has 1 aromatic heterocycles. The molecule has 1 aliphatic heterocycles. The molecule has 2 aromatic carbocycles. The first kappa shape index (κ1) is 26.3. The van der Waals surface area contributed by atoms with Gasteiger partial charge in [0.15, 0.2) is 5.82 Å². The molecule has 0 N–H and O–H groups in total. The summed E-state index contributed by atoms with van der Waals surface area (Å²) in [5.74, 6) is 0.315. The predicted octanol–water partition coefficient (Wildman–Crippen LogP) is 4.57. The molecule has 1 atom stereocenters. The third-order valence-corrected chi connectivity index (χ3v) is 7.03. The van der Waals surface area contributed by atoms with Crippen LogP contribution in [0.3, 0.4) is 0 Å². The molecular weight excluding hydrogens is 469 g/mol. The summed E-state index contributed by atoms with van der Waals surface area (Å²) >= 11 is 0. The van der Waals surface area contributed by atoms with Crippen molar-refractivity contribution in [2.24, 2.45) is 0 Å². The van der Waals surface area contributed by atoms with Crippen molar-refractivity contribution in [2.45, 2.75) is 39.7 Å². The van der Waals surface area contributed by atoms with Gasteiger partial charge in [0.25, 0.3) is 5.91 Å². The van der Waals surface area contributed by atoms with Crippen LogP contribution in [0.4, 0.5) is 10.2 Å². The van der Waals surface area contributed by atoms with Gasteiger partial charge in [-0.15, -0.1) is 10.2 Å².